The first-order valence-electron chi connectivity index (χ1n) is 5.60. The number of rotatable bonds is 5. The number of aliphatic hydroxyl groups is 1. The van der Waals surface area contributed by atoms with Crippen molar-refractivity contribution >= 4 is 5.97 Å². The van der Waals surface area contributed by atoms with Gasteiger partial charge in [-0.05, 0) is 19.9 Å². The third-order valence-electron chi connectivity index (χ3n) is 2.26. The number of esters is 1. The van der Waals surface area contributed by atoms with Gasteiger partial charge in [0.15, 0.2) is 12.2 Å². The van der Waals surface area contributed by atoms with E-state index in [0.717, 1.165) is 0 Å². The number of hydrogen-bond acceptors (Lipinski definition) is 5. The summed E-state index contributed by atoms with van der Waals surface area (Å²) in [7, 11) is 0. The molecule has 1 aromatic carbocycles. The van der Waals surface area contributed by atoms with Gasteiger partial charge in [-0.1, -0.05) is 18.2 Å². The SMILES string of the molecule is CCOC(=O)C(C)Oc1ccccc1C(O)C#N. The molecule has 5 nitrogen and oxygen atoms in total. The summed E-state index contributed by atoms with van der Waals surface area (Å²) >= 11 is 0. The molecule has 0 aromatic heterocycles. The van der Waals surface area contributed by atoms with E-state index in [1.165, 1.54) is 0 Å². The Morgan fingerprint density at radius 2 is 2.17 bits per heavy atom. The van der Waals surface area contributed by atoms with Crippen molar-refractivity contribution in [1.29, 1.82) is 5.26 Å². The molecular weight excluding hydrogens is 234 g/mol. The van der Waals surface area contributed by atoms with Crippen molar-refractivity contribution in [3.63, 3.8) is 0 Å². The van der Waals surface area contributed by atoms with Crippen LogP contribution in [0.25, 0.3) is 0 Å². The van der Waals surface area contributed by atoms with Gasteiger partial charge >= 0.3 is 5.97 Å². The number of benzene rings is 1. The molecule has 0 aliphatic heterocycles. The first-order valence-corrected chi connectivity index (χ1v) is 5.60. The second-order valence-electron chi connectivity index (χ2n) is 3.58. The quantitative estimate of drug-likeness (QED) is 0.633. The van der Waals surface area contributed by atoms with E-state index in [1.54, 1.807) is 44.2 Å². The molecule has 0 heterocycles. The molecule has 0 aliphatic carbocycles. The van der Waals surface area contributed by atoms with E-state index in [1.807, 2.05) is 0 Å². The van der Waals surface area contributed by atoms with Crippen LogP contribution < -0.4 is 4.74 Å². The molecule has 0 bridgehead atoms. The van der Waals surface area contributed by atoms with Crippen molar-refractivity contribution in [2.45, 2.75) is 26.1 Å². The Labute approximate surface area is 106 Å². The minimum absolute atomic E-state index is 0.273. The number of nitriles is 1. The van der Waals surface area contributed by atoms with Gasteiger partial charge in [-0.3, -0.25) is 0 Å². The van der Waals surface area contributed by atoms with Crippen molar-refractivity contribution in [2.75, 3.05) is 6.61 Å². The molecule has 0 amide bonds. The van der Waals surface area contributed by atoms with E-state index < -0.39 is 18.2 Å². The number of carbonyl (C=O) groups is 1. The fraction of sp³-hybridized carbons (Fsp3) is 0.385. The van der Waals surface area contributed by atoms with Crippen LogP contribution in [0.5, 0.6) is 5.75 Å². The minimum Gasteiger partial charge on any atom is -0.479 e. The van der Waals surface area contributed by atoms with Crippen LogP contribution in [0.15, 0.2) is 24.3 Å². The Kier molecular flexibility index (Phi) is 5.15. The smallest absolute Gasteiger partial charge is 0.347 e. The molecule has 0 spiro atoms. The van der Waals surface area contributed by atoms with Crippen LogP contribution in [-0.2, 0) is 9.53 Å². The van der Waals surface area contributed by atoms with Gasteiger partial charge in [-0.25, -0.2) is 4.79 Å². The van der Waals surface area contributed by atoms with Gasteiger partial charge in [0, 0.05) is 5.56 Å². The predicted octanol–water partition coefficient (Wildman–Crippen LogP) is 1.57. The maximum atomic E-state index is 11.4. The van der Waals surface area contributed by atoms with Crippen molar-refractivity contribution < 1.29 is 19.4 Å². The molecule has 0 saturated carbocycles. The fourth-order valence-corrected chi connectivity index (χ4v) is 1.38. The van der Waals surface area contributed by atoms with Gasteiger partial charge in [0.25, 0.3) is 0 Å². The highest BCUT2D eigenvalue weighted by atomic mass is 16.6. The number of aliphatic hydroxyl groups excluding tert-OH is 1. The summed E-state index contributed by atoms with van der Waals surface area (Å²) in [6.45, 7) is 3.53. The van der Waals surface area contributed by atoms with E-state index in [4.69, 9.17) is 14.7 Å². The Morgan fingerprint density at radius 3 is 2.78 bits per heavy atom. The predicted molar refractivity (Wildman–Crippen MR) is 63.7 cm³/mol. The Morgan fingerprint density at radius 1 is 1.50 bits per heavy atom. The minimum atomic E-state index is -1.28. The van der Waals surface area contributed by atoms with Crippen LogP contribution >= 0.6 is 0 Å². The average molecular weight is 249 g/mol. The highest BCUT2D eigenvalue weighted by Crippen LogP contribution is 2.25. The Hall–Kier alpha value is -2.06. The van der Waals surface area contributed by atoms with Gasteiger partial charge in [0.2, 0.25) is 0 Å². The molecule has 0 aliphatic rings. The van der Waals surface area contributed by atoms with Crippen molar-refractivity contribution in [1.82, 2.24) is 0 Å². The molecule has 5 heteroatoms. The summed E-state index contributed by atoms with van der Waals surface area (Å²) in [4.78, 5) is 11.4. The standard InChI is InChI=1S/C13H15NO4/c1-3-17-13(16)9(2)18-12-7-5-4-6-10(12)11(15)8-14/h4-7,9,11,15H,3H2,1-2H3. The molecule has 0 fully saturated rings. The van der Waals surface area contributed by atoms with E-state index in [0.29, 0.717) is 11.3 Å². The zero-order valence-corrected chi connectivity index (χ0v) is 10.3. The zero-order chi connectivity index (χ0) is 13.5. The molecule has 18 heavy (non-hydrogen) atoms. The van der Waals surface area contributed by atoms with Crippen molar-refractivity contribution in [3.8, 4) is 11.8 Å². The monoisotopic (exact) mass is 249 g/mol. The van der Waals surface area contributed by atoms with Crippen LogP contribution in [0.3, 0.4) is 0 Å². The second kappa shape index (κ2) is 6.62. The highest BCUT2D eigenvalue weighted by molar-refractivity contribution is 5.74. The third-order valence-corrected chi connectivity index (χ3v) is 2.26. The van der Waals surface area contributed by atoms with Gasteiger partial charge in [0.1, 0.15) is 5.75 Å². The number of nitrogens with zero attached hydrogens (tertiary/aromatic N) is 1. The lowest BCUT2D eigenvalue weighted by Crippen LogP contribution is -2.26. The summed E-state index contributed by atoms with van der Waals surface area (Å²) in [5.41, 5.74) is 0.330. The zero-order valence-electron chi connectivity index (χ0n) is 10.3. The lowest BCUT2D eigenvalue weighted by Gasteiger charge is -2.16. The third kappa shape index (κ3) is 3.47. The fourth-order valence-electron chi connectivity index (χ4n) is 1.38. The second-order valence-corrected chi connectivity index (χ2v) is 3.58. The maximum Gasteiger partial charge on any atom is 0.347 e. The van der Waals surface area contributed by atoms with E-state index in [2.05, 4.69) is 0 Å². The first-order chi connectivity index (χ1) is 8.60. The van der Waals surface area contributed by atoms with E-state index in [-0.39, 0.29) is 6.61 Å². The van der Waals surface area contributed by atoms with Crippen LogP contribution in [0, 0.1) is 11.3 Å². The molecule has 1 aromatic rings. The lowest BCUT2D eigenvalue weighted by atomic mass is 10.1. The summed E-state index contributed by atoms with van der Waals surface area (Å²) < 4.78 is 10.2. The topological polar surface area (TPSA) is 79.6 Å². The van der Waals surface area contributed by atoms with Crippen molar-refractivity contribution in [3.05, 3.63) is 29.8 Å². The molecule has 2 unspecified atom stereocenters. The molecule has 0 radical (unpaired) electrons. The van der Waals surface area contributed by atoms with E-state index in [9.17, 15) is 9.90 Å². The van der Waals surface area contributed by atoms with Gasteiger partial charge in [0.05, 0.1) is 12.7 Å². The molecule has 1 rings (SSSR count). The normalized spacial score (nSPS) is 13.2. The van der Waals surface area contributed by atoms with Crippen LogP contribution in [0.4, 0.5) is 0 Å². The average Bonchev–Trinajstić information content (AvgIpc) is 2.38. The van der Waals surface area contributed by atoms with E-state index >= 15 is 0 Å². The summed E-state index contributed by atoms with van der Waals surface area (Å²) in [6.07, 6.45) is -2.08. The van der Waals surface area contributed by atoms with Crippen LogP contribution in [0.2, 0.25) is 0 Å². The first kappa shape index (κ1) is 14.0. The van der Waals surface area contributed by atoms with Crippen LogP contribution in [0.1, 0.15) is 25.5 Å². The lowest BCUT2D eigenvalue weighted by molar-refractivity contribution is -0.150. The summed E-state index contributed by atoms with van der Waals surface area (Å²) in [6, 6.07) is 8.24. The van der Waals surface area contributed by atoms with Crippen molar-refractivity contribution in [2.24, 2.45) is 0 Å². The molecule has 1 N–H and O–H groups in total. The Balaban J connectivity index is 2.85. The molecule has 0 saturated heterocycles. The Bertz CT molecular complexity index is 453. The van der Waals surface area contributed by atoms with Gasteiger partial charge < -0.3 is 14.6 Å². The number of para-hydroxylation sites is 1. The number of hydrogen-bond donors (Lipinski definition) is 1. The molecule has 96 valence electrons. The molecular formula is C13H15NO4. The number of carbonyl (C=O) groups excluding carboxylic acids is 1. The highest BCUT2D eigenvalue weighted by Gasteiger charge is 2.19. The maximum absolute atomic E-state index is 11.4. The summed E-state index contributed by atoms with van der Waals surface area (Å²) in [5, 5.41) is 18.2. The van der Waals surface area contributed by atoms with Gasteiger partial charge in [-0.2, -0.15) is 5.26 Å². The number of ether oxygens (including phenoxy) is 2. The summed E-state index contributed by atoms with van der Waals surface area (Å²) in [5.74, 6) is -0.189. The van der Waals surface area contributed by atoms with Gasteiger partial charge in [-0.15, -0.1) is 0 Å². The van der Waals surface area contributed by atoms with Crippen LogP contribution in [-0.4, -0.2) is 23.8 Å². The largest absolute Gasteiger partial charge is 0.479 e. The molecule has 2 atom stereocenters.